The standard InChI is InChI=1S/C20H10Cl2N2O3S/c21-11-3-1-10(2-4-11)16-15-17(25)13-9-12(22)5-6-14(13)27-18(15)19(26)24(16)20-23-7-8-28-20/h1-9,16H. The van der Waals surface area contributed by atoms with Gasteiger partial charge in [-0.2, -0.15) is 0 Å². The number of thiazole rings is 1. The van der Waals surface area contributed by atoms with Crippen molar-refractivity contribution < 1.29 is 9.21 Å². The largest absolute Gasteiger partial charge is 0.450 e. The highest BCUT2D eigenvalue weighted by Gasteiger charge is 2.44. The fraction of sp³-hybridized carbons (Fsp3) is 0.0500. The summed E-state index contributed by atoms with van der Waals surface area (Å²) in [6.45, 7) is 0. The van der Waals surface area contributed by atoms with E-state index in [1.807, 2.05) is 0 Å². The van der Waals surface area contributed by atoms with Gasteiger partial charge in [0.1, 0.15) is 5.58 Å². The second-order valence-corrected chi connectivity index (χ2v) is 8.00. The average Bonchev–Trinajstić information content (AvgIpc) is 3.30. The number of hydrogen-bond acceptors (Lipinski definition) is 5. The van der Waals surface area contributed by atoms with Gasteiger partial charge in [0.2, 0.25) is 5.76 Å². The van der Waals surface area contributed by atoms with Crippen molar-refractivity contribution in [2.75, 3.05) is 4.90 Å². The van der Waals surface area contributed by atoms with Gasteiger partial charge in [0.25, 0.3) is 5.91 Å². The summed E-state index contributed by atoms with van der Waals surface area (Å²) < 4.78 is 5.86. The maximum atomic E-state index is 13.3. The summed E-state index contributed by atoms with van der Waals surface area (Å²) in [5.41, 5.74) is 1.04. The topological polar surface area (TPSA) is 63.4 Å². The molecule has 1 aliphatic heterocycles. The number of aromatic nitrogens is 1. The van der Waals surface area contributed by atoms with Gasteiger partial charge < -0.3 is 4.42 Å². The summed E-state index contributed by atoms with van der Waals surface area (Å²) >= 11 is 13.4. The van der Waals surface area contributed by atoms with E-state index in [2.05, 4.69) is 4.98 Å². The third kappa shape index (κ3) is 2.57. The second-order valence-electron chi connectivity index (χ2n) is 6.26. The molecule has 138 valence electrons. The van der Waals surface area contributed by atoms with E-state index in [0.29, 0.717) is 26.1 Å². The number of fused-ring (bicyclic) bond motifs is 2. The van der Waals surface area contributed by atoms with Crippen LogP contribution in [0.1, 0.15) is 27.7 Å². The Morgan fingerprint density at radius 1 is 1.04 bits per heavy atom. The molecule has 8 heteroatoms. The molecule has 0 saturated heterocycles. The van der Waals surface area contributed by atoms with E-state index in [1.54, 1.807) is 54.0 Å². The zero-order chi connectivity index (χ0) is 19.4. The number of amides is 1. The summed E-state index contributed by atoms with van der Waals surface area (Å²) in [5.74, 6) is -0.381. The number of carbonyl (C=O) groups excluding carboxylic acids is 1. The number of benzene rings is 2. The van der Waals surface area contributed by atoms with Gasteiger partial charge in [-0.1, -0.05) is 35.3 Å². The van der Waals surface area contributed by atoms with Crippen molar-refractivity contribution in [3.63, 3.8) is 0 Å². The van der Waals surface area contributed by atoms with Gasteiger partial charge in [0.05, 0.1) is 17.0 Å². The normalized spacial score (nSPS) is 16.0. The lowest BCUT2D eigenvalue weighted by Gasteiger charge is -2.22. The third-order valence-electron chi connectivity index (χ3n) is 4.64. The summed E-state index contributed by atoms with van der Waals surface area (Å²) in [6.07, 6.45) is 1.61. The number of rotatable bonds is 2. The molecule has 5 nitrogen and oxygen atoms in total. The van der Waals surface area contributed by atoms with E-state index < -0.39 is 11.9 Å². The van der Waals surface area contributed by atoms with E-state index >= 15 is 0 Å². The van der Waals surface area contributed by atoms with Crippen LogP contribution in [0.2, 0.25) is 10.0 Å². The number of hydrogen-bond donors (Lipinski definition) is 0. The first-order valence-electron chi connectivity index (χ1n) is 8.29. The van der Waals surface area contributed by atoms with Crippen molar-refractivity contribution in [2.45, 2.75) is 6.04 Å². The lowest BCUT2D eigenvalue weighted by Crippen LogP contribution is -2.29. The van der Waals surface area contributed by atoms with Crippen LogP contribution in [0.4, 0.5) is 5.13 Å². The number of halogens is 2. The highest BCUT2D eigenvalue weighted by atomic mass is 35.5. The van der Waals surface area contributed by atoms with Gasteiger partial charge in [-0.25, -0.2) is 4.98 Å². The lowest BCUT2D eigenvalue weighted by molar-refractivity contribution is 0.0971. The quantitative estimate of drug-likeness (QED) is 0.434. The predicted octanol–water partition coefficient (Wildman–Crippen LogP) is 5.31. The van der Waals surface area contributed by atoms with Gasteiger partial charge in [-0.15, -0.1) is 11.3 Å². The lowest BCUT2D eigenvalue weighted by atomic mass is 9.99. The number of anilines is 1. The fourth-order valence-corrected chi connectivity index (χ4v) is 4.40. The molecular weight excluding hydrogens is 419 g/mol. The van der Waals surface area contributed by atoms with E-state index in [1.165, 1.54) is 16.2 Å². The minimum absolute atomic E-state index is 0.0231. The van der Waals surface area contributed by atoms with Crippen LogP contribution in [0.3, 0.4) is 0 Å². The van der Waals surface area contributed by atoms with Crippen molar-refractivity contribution in [2.24, 2.45) is 0 Å². The Balaban J connectivity index is 1.83. The van der Waals surface area contributed by atoms with Crippen molar-refractivity contribution >= 4 is 56.5 Å². The van der Waals surface area contributed by atoms with E-state index in [9.17, 15) is 9.59 Å². The first kappa shape index (κ1) is 17.4. The smallest absolute Gasteiger partial charge is 0.297 e. The monoisotopic (exact) mass is 428 g/mol. The summed E-state index contributed by atoms with van der Waals surface area (Å²) in [6, 6.07) is 11.1. The third-order valence-corrected chi connectivity index (χ3v) is 5.90. The molecule has 5 rings (SSSR count). The Bertz CT molecular complexity index is 1280. The van der Waals surface area contributed by atoms with Crippen LogP contribution < -0.4 is 10.3 Å². The minimum Gasteiger partial charge on any atom is -0.450 e. The Morgan fingerprint density at radius 2 is 1.79 bits per heavy atom. The van der Waals surface area contributed by atoms with Gasteiger partial charge in [-0.05, 0) is 35.9 Å². The van der Waals surface area contributed by atoms with Gasteiger partial charge in [0, 0.05) is 21.6 Å². The van der Waals surface area contributed by atoms with Crippen molar-refractivity contribution in [1.29, 1.82) is 0 Å². The number of nitrogens with zero attached hydrogens (tertiary/aromatic N) is 2. The molecule has 4 aromatic rings. The molecule has 1 atom stereocenters. The summed E-state index contributed by atoms with van der Waals surface area (Å²) in [5, 5.41) is 3.57. The molecule has 0 bridgehead atoms. The molecule has 0 aliphatic carbocycles. The Morgan fingerprint density at radius 3 is 2.50 bits per heavy atom. The summed E-state index contributed by atoms with van der Waals surface area (Å²) in [4.78, 5) is 32.3. The van der Waals surface area contributed by atoms with E-state index in [0.717, 1.165) is 5.56 Å². The van der Waals surface area contributed by atoms with E-state index in [4.69, 9.17) is 27.6 Å². The van der Waals surface area contributed by atoms with Gasteiger partial charge >= 0.3 is 0 Å². The van der Waals surface area contributed by atoms with Crippen LogP contribution in [0, 0.1) is 0 Å². The number of carbonyl (C=O) groups is 1. The maximum Gasteiger partial charge on any atom is 0.297 e. The average molecular weight is 429 g/mol. The highest BCUT2D eigenvalue weighted by Crippen LogP contribution is 2.42. The van der Waals surface area contributed by atoms with Crippen molar-refractivity contribution in [1.82, 2.24) is 4.98 Å². The summed E-state index contributed by atoms with van der Waals surface area (Å²) in [7, 11) is 0. The molecule has 2 aromatic carbocycles. The molecule has 1 unspecified atom stereocenters. The molecule has 0 saturated carbocycles. The predicted molar refractivity (Wildman–Crippen MR) is 110 cm³/mol. The Labute approximate surface area is 172 Å². The SMILES string of the molecule is O=C1c2oc3ccc(Cl)cc3c(=O)c2C(c2ccc(Cl)cc2)N1c1nccs1. The molecule has 1 aliphatic rings. The van der Waals surface area contributed by atoms with Gasteiger partial charge in [-0.3, -0.25) is 14.5 Å². The molecule has 28 heavy (non-hydrogen) atoms. The molecule has 1 amide bonds. The molecular formula is C20H10Cl2N2O3S. The van der Waals surface area contributed by atoms with Gasteiger partial charge in [0.15, 0.2) is 10.6 Å². The zero-order valence-electron chi connectivity index (χ0n) is 14.1. The maximum absolute atomic E-state index is 13.3. The molecule has 0 radical (unpaired) electrons. The van der Waals surface area contributed by atoms with Crippen LogP contribution in [0.25, 0.3) is 11.0 Å². The Kier molecular flexibility index (Phi) is 4.01. The second kappa shape index (κ2) is 6.44. The first-order chi connectivity index (χ1) is 13.5. The molecule has 0 N–H and O–H groups in total. The van der Waals surface area contributed by atoms with Crippen LogP contribution >= 0.6 is 34.5 Å². The van der Waals surface area contributed by atoms with Crippen LogP contribution in [0.5, 0.6) is 0 Å². The van der Waals surface area contributed by atoms with Crippen molar-refractivity contribution in [3.8, 4) is 0 Å². The Hall–Kier alpha value is -2.67. The first-order valence-corrected chi connectivity index (χ1v) is 9.93. The van der Waals surface area contributed by atoms with Crippen LogP contribution in [-0.4, -0.2) is 10.9 Å². The zero-order valence-corrected chi connectivity index (χ0v) is 16.4. The fourth-order valence-electron chi connectivity index (χ4n) is 3.44. The van der Waals surface area contributed by atoms with Crippen LogP contribution in [0.15, 0.2) is 63.3 Å². The molecule has 2 aromatic heterocycles. The van der Waals surface area contributed by atoms with Crippen LogP contribution in [-0.2, 0) is 0 Å². The molecule has 3 heterocycles. The highest BCUT2D eigenvalue weighted by molar-refractivity contribution is 7.13. The molecule has 0 spiro atoms. The minimum atomic E-state index is -0.662. The molecule has 0 fully saturated rings. The van der Waals surface area contributed by atoms with Crippen molar-refractivity contribution in [3.05, 3.63) is 91.2 Å². The van der Waals surface area contributed by atoms with E-state index in [-0.39, 0.29) is 16.8 Å².